The van der Waals surface area contributed by atoms with E-state index in [-0.39, 0.29) is 21.9 Å². The van der Waals surface area contributed by atoms with Crippen molar-refractivity contribution in [3.63, 3.8) is 0 Å². The molecule has 0 unspecified atom stereocenters. The van der Waals surface area contributed by atoms with E-state index in [0.717, 1.165) is 19.3 Å². The number of primary sulfonamides is 1. The Hall–Kier alpha value is -1.11. The quantitative estimate of drug-likeness (QED) is 0.899. The topological polar surface area (TPSA) is 80.5 Å². The number of nitrogens with two attached hydrogens (primary N) is 1. The third-order valence-electron chi connectivity index (χ3n) is 3.57. The number of nitrogens with zero attached hydrogens (tertiary/aromatic N) is 1. The average Bonchev–Trinajstić information content (AvgIpc) is 3.20. The minimum absolute atomic E-state index is 0.0920. The zero-order chi connectivity index (χ0) is 15.8. The van der Waals surface area contributed by atoms with Crippen molar-refractivity contribution in [3.05, 3.63) is 28.3 Å². The summed E-state index contributed by atoms with van der Waals surface area (Å²) in [6, 6.07) is 3.05. The van der Waals surface area contributed by atoms with Gasteiger partial charge < -0.3 is 4.90 Å². The Balaban J connectivity index is 2.48. The Bertz CT molecular complexity index is 669. The maximum Gasteiger partial charge on any atom is 0.254 e. The van der Waals surface area contributed by atoms with Crippen LogP contribution in [0.3, 0.4) is 0 Å². The number of halogens is 1. The number of sulfonamides is 1. The van der Waals surface area contributed by atoms with Crippen LogP contribution < -0.4 is 5.14 Å². The molecule has 0 radical (unpaired) electrons. The predicted molar refractivity (Wildman–Crippen MR) is 81.9 cm³/mol. The van der Waals surface area contributed by atoms with Crippen molar-refractivity contribution in [2.75, 3.05) is 6.54 Å². The average molecular weight is 331 g/mol. The highest BCUT2D eigenvalue weighted by Crippen LogP contribution is 2.31. The van der Waals surface area contributed by atoms with E-state index < -0.39 is 10.0 Å². The van der Waals surface area contributed by atoms with Gasteiger partial charge >= 0.3 is 0 Å². The lowest BCUT2D eigenvalue weighted by atomic mass is 10.1. The fraction of sp³-hybridized carbons (Fsp3) is 0.500. The van der Waals surface area contributed by atoms with Crippen LogP contribution in [0.25, 0.3) is 0 Å². The normalized spacial score (nSPS) is 15.0. The highest BCUT2D eigenvalue weighted by atomic mass is 35.5. The first-order valence-electron chi connectivity index (χ1n) is 6.89. The number of hydrogen-bond acceptors (Lipinski definition) is 3. The monoisotopic (exact) mass is 330 g/mol. The van der Waals surface area contributed by atoms with Gasteiger partial charge in [-0.1, -0.05) is 18.5 Å². The van der Waals surface area contributed by atoms with Crippen LogP contribution in [-0.2, 0) is 10.0 Å². The number of rotatable bonds is 5. The van der Waals surface area contributed by atoms with E-state index in [1.54, 1.807) is 11.8 Å². The van der Waals surface area contributed by atoms with Crippen LogP contribution in [0.5, 0.6) is 0 Å². The molecule has 1 aliphatic carbocycles. The summed E-state index contributed by atoms with van der Waals surface area (Å²) in [7, 11) is -3.91. The summed E-state index contributed by atoms with van der Waals surface area (Å²) < 4.78 is 23.2. The highest BCUT2D eigenvalue weighted by molar-refractivity contribution is 7.89. The predicted octanol–water partition coefficient (Wildman–Crippen LogP) is 2.31. The Labute approximate surface area is 130 Å². The molecule has 0 bridgehead atoms. The summed E-state index contributed by atoms with van der Waals surface area (Å²) in [6.45, 7) is 4.24. The highest BCUT2D eigenvalue weighted by Gasteiger charge is 2.33. The minimum atomic E-state index is -3.91. The van der Waals surface area contributed by atoms with Gasteiger partial charge in [0.15, 0.2) is 0 Å². The molecule has 1 saturated carbocycles. The van der Waals surface area contributed by atoms with Crippen molar-refractivity contribution in [1.29, 1.82) is 0 Å². The van der Waals surface area contributed by atoms with Crippen molar-refractivity contribution < 1.29 is 13.2 Å². The van der Waals surface area contributed by atoms with Gasteiger partial charge in [0.1, 0.15) is 0 Å². The summed E-state index contributed by atoms with van der Waals surface area (Å²) >= 11 is 5.96. The van der Waals surface area contributed by atoms with Crippen LogP contribution in [0.1, 0.15) is 42.1 Å². The molecule has 2 rings (SSSR count). The van der Waals surface area contributed by atoms with Crippen molar-refractivity contribution in [2.24, 2.45) is 5.14 Å². The van der Waals surface area contributed by atoms with E-state index in [4.69, 9.17) is 16.7 Å². The van der Waals surface area contributed by atoms with Crippen molar-refractivity contribution >= 4 is 27.5 Å². The first-order chi connectivity index (χ1) is 9.75. The number of carbonyl (C=O) groups is 1. The number of carbonyl (C=O) groups excluding carboxylic acids is 1. The molecule has 0 heterocycles. The molecule has 0 spiro atoms. The zero-order valence-corrected chi connectivity index (χ0v) is 13.7. The van der Waals surface area contributed by atoms with Crippen LogP contribution >= 0.6 is 11.6 Å². The second-order valence-electron chi connectivity index (χ2n) is 5.35. The van der Waals surface area contributed by atoms with Crippen LogP contribution in [0.4, 0.5) is 0 Å². The fourth-order valence-corrected chi connectivity index (χ4v) is 3.51. The molecule has 7 heteroatoms. The summed E-state index contributed by atoms with van der Waals surface area (Å²) in [5.74, 6) is -0.177. The molecule has 116 valence electrons. The van der Waals surface area contributed by atoms with Gasteiger partial charge in [-0.15, -0.1) is 0 Å². The summed E-state index contributed by atoms with van der Waals surface area (Å²) in [6.07, 6.45) is 2.84. The van der Waals surface area contributed by atoms with E-state index in [0.29, 0.717) is 17.7 Å². The number of amides is 1. The second kappa shape index (κ2) is 5.94. The summed E-state index contributed by atoms with van der Waals surface area (Å²) in [5, 5.41) is 5.39. The van der Waals surface area contributed by atoms with E-state index in [1.165, 1.54) is 12.1 Å². The fourth-order valence-electron chi connectivity index (χ4n) is 2.40. The summed E-state index contributed by atoms with van der Waals surface area (Å²) in [4.78, 5) is 14.4. The van der Waals surface area contributed by atoms with Crippen LogP contribution in [-0.4, -0.2) is 31.8 Å². The molecule has 1 amide bonds. The molecule has 1 aromatic rings. The lowest BCUT2D eigenvalue weighted by Gasteiger charge is -2.23. The number of benzene rings is 1. The standard InChI is InChI=1S/C14H19ClN2O3S/c1-3-6-17(11-4-5-11)14(18)12-7-10(15)8-13(9(12)2)21(16,19)20/h7-8,11H,3-6H2,1-2H3,(H2,16,19,20). The molecule has 21 heavy (non-hydrogen) atoms. The molecule has 1 aromatic carbocycles. The first-order valence-corrected chi connectivity index (χ1v) is 8.82. The van der Waals surface area contributed by atoms with Crippen molar-refractivity contribution in [3.8, 4) is 0 Å². The Morgan fingerprint density at radius 3 is 2.52 bits per heavy atom. The van der Waals surface area contributed by atoms with Gasteiger partial charge in [-0.3, -0.25) is 4.79 Å². The molecule has 0 aromatic heterocycles. The van der Waals surface area contributed by atoms with Gasteiger partial charge in [-0.2, -0.15) is 0 Å². The number of hydrogen-bond donors (Lipinski definition) is 1. The molecule has 2 N–H and O–H groups in total. The van der Waals surface area contributed by atoms with Crippen LogP contribution in [0.2, 0.25) is 5.02 Å². The maximum absolute atomic E-state index is 12.7. The van der Waals surface area contributed by atoms with E-state index in [9.17, 15) is 13.2 Å². The van der Waals surface area contributed by atoms with Gasteiger partial charge in [0.2, 0.25) is 10.0 Å². The SMILES string of the molecule is CCCN(C(=O)c1cc(Cl)cc(S(N)(=O)=O)c1C)C1CC1. The van der Waals surface area contributed by atoms with Crippen LogP contribution in [0, 0.1) is 6.92 Å². The molecular weight excluding hydrogens is 312 g/mol. The summed E-state index contributed by atoms with van der Waals surface area (Å²) in [5.41, 5.74) is 0.667. The smallest absolute Gasteiger partial charge is 0.254 e. The van der Waals surface area contributed by atoms with Crippen LogP contribution in [0.15, 0.2) is 17.0 Å². The lowest BCUT2D eigenvalue weighted by Crippen LogP contribution is -2.34. The first kappa shape index (κ1) is 16.3. The van der Waals surface area contributed by atoms with E-state index >= 15 is 0 Å². The molecule has 0 aliphatic heterocycles. The third-order valence-corrected chi connectivity index (χ3v) is 4.83. The van der Waals surface area contributed by atoms with E-state index in [1.807, 2.05) is 6.92 Å². The zero-order valence-electron chi connectivity index (χ0n) is 12.1. The largest absolute Gasteiger partial charge is 0.336 e. The van der Waals surface area contributed by atoms with Crippen molar-refractivity contribution in [1.82, 2.24) is 4.90 Å². The Kier molecular flexibility index (Phi) is 4.60. The second-order valence-corrected chi connectivity index (χ2v) is 7.32. The molecule has 1 fully saturated rings. The van der Waals surface area contributed by atoms with Gasteiger partial charge in [0.05, 0.1) is 4.90 Å². The van der Waals surface area contributed by atoms with E-state index in [2.05, 4.69) is 0 Å². The maximum atomic E-state index is 12.7. The minimum Gasteiger partial charge on any atom is -0.336 e. The Morgan fingerprint density at radius 1 is 1.43 bits per heavy atom. The van der Waals surface area contributed by atoms with Gasteiger partial charge in [-0.05, 0) is 43.9 Å². The molecule has 5 nitrogen and oxygen atoms in total. The molecule has 0 atom stereocenters. The van der Waals surface area contributed by atoms with Crippen molar-refractivity contribution in [2.45, 2.75) is 44.0 Å². The van der Waals surface area contributed by atoms with Gasteiger partial charge in [0.25, 0.3) is 5.91 Å². The molecule has 1 aliphatic rings. The van der Waals surface area contributed by atoms with Gasteiger partial charge in [0, 0.05) is 23.2 Å². The van der Waals surface area contributed by atoms with Gasteiger partial charge in [-0.25, -0.2) is 13.6 Å². The lowest BCUT2D eigenvalue weighted by molar-refractivity contribution is 0.0742. The molecule has 0 saturated heterocycles. The molecular formula is C14H19ClN2O3S. The third kappa shape index (κ3) is 3.56. The Morgan fingerprint density at radius 2 is 2.05 bits per heavy atom.